The predicted molar refractivity (Wildman–Crippen MR) is 91.1 cm³/mol. The topological polar surface area (TPSA) is 62.5 Å². The van der Waals surface area contributed by atoms with E-state index in [2.05, 4.69) is 21.7 Å². The Labute approximate surface area is 141 Å². The standard InChI is InChI=1S/C16H23ClN4O2/c1-12-2-4-13(5-3-12)19-6-8-20(9-7-19)16-15(17)10-14(11-18-16)21(22)23/h10-13H,2-9H2,1H3. The van der Waals surface area contributed by atoms with E-state index in [-0.39, 0.29) is 5.69 Å². The van der Waals surface area contributed by atoms with Crippen LogP contribution in [0.5, 0.6) is 0 Å². The summed E-state index contributed by atoms with van der Waals surface area (Å²) in [5.41, 5.74) is -0.0614. The van der Waals surface area contributed by atoms with Crippen LogP contribution in [0.4, 0.5) is 11.5 Å². The van der Waals surface area contributed by atoms with Crippen LogP contribution in [0.15, 0.2) is 12.3 Å². The number of anilines is 1. The molecule has 23 heavy (non-hydrogen) atoms. The molecule has 2 fully saturated rings. The summed E-state index contributed by atoms with van der Waals surface area (Å²) >= 11 is 6.19. The van der Waals surface area contributed by atoms with Crippen LogP contribution in [-0.4, -0.2) is 47.0 Å². The molecule has 0 amide bonds. The molecule has 2 heterocycles. The van der Waals surface area contributed by atoms with Gasteiger partial charge < -0.3 is 4.90 Å². The van der Waals surface area contributed by atoms with Gasteiger partial charge in [-0.25, -0.2) is 4.98 Å². The van der Waals surface area contributed by atoms with Gasteiger partial charge in [0.05, 0.1) is 9.95 Å². The first kappa shape index (κ1) is 16.5. The zero-order chi connectivity index (χ0) is 16.4. The van der Waals surface area contributed by atoms with Crippen LogP contribution in [0.3, 0.4) is 0 Å². The minimum absolute atomic E-state index is 0.0614. The molecule has 1 aliphatic heterocycles. The van der Waals surface area contributed by atoms with Gasteiger partial charge in [0.25, 0.3) is 5.69 Å². The van der Waals surface area contributed by atoms with E-state index in [1.807, 2.05) is 0 Å². The van der Waals surface area contributed by atoms with Crippen LogP contribution >= 0.6 is 11.6 Å². The van der Waals surface area contributed by atoms with Gasteiger partial charge in [-0.3, -0.25) is 15.0 Å². The van der Waals surface area contributed by atoms with Crippen LogP contribution in [-0.2, 0) is 0 Å². The molecule has 0 bridgehead atoms. The van der Waals surface area contributed by atoms with Gasteiger partial charge in [-0.1, -0.05) is 18.5 Å². The first-order valence-electron chi connectivity index (χ1n) is 8.33. The van der Waals surface area contributed by atoms with Crippen molar-refractivity contribution in [1.29, 1.82) is 0 Å². The molecule has 6 nitrogen and oxygen atoms in total. The molecular weight excluding hydrogens is 316 g/mol. The van der Waals surface area contributed by atoms with Gasteiger partial charge in [0.15, 0.2) is 0 Å². The number of hydrogen-bond acceptors (Lipinski definition) is 5. The molecule has 1 aromatic rings. The summed E-state index contributed by atoms with van der Waals surface area (Å²) in [7, 11) is 0. The highest BCUT2D eigenvalue weighted by Gasteiger charge is 2.28. The molecular formula is C16H23ClN4O2. The summed E-state index contributed by atoms with van der Waals surface area (Å²) in [4.78, 5) is 19.2. The third-order valence-corrected chi connectivity index (χ3v) is 5.41. The Morgan fingerprint density at radius 2 is 1.87 bits per heavy atom. The Bertz CT molecular complexity index is 567. The highest BCUT2D eigenvalue weighted by atomic mass is 35.5. The zero-order valence-corrected chi connectivity index (χ0v) is 14.2. The fourth-order valence-electron chi connectivity index (χ4n) is 3.66. The lowest BCUT2D eigenvalue weighted by molar-refractivity contribution is -0.385. The zero-order valence-electron chi connectivity index (χ0n) is 13.4. The summed E-state index contributed by atoms with van der Waals surface area (Å²) < 4.78 is 0. The molecule has 1 saturated carbocycles. The van der Waals surface area contributed by atoms with Crippen LogP contribution in [0, 0.1) is 16.0 Å². The Morgan fingerprint density at radius 1 is 1.22 bits per heavy atom. The maximum atomic E-state index is 10.8. The number of pyridine rings is 1. The van der Waals surface area contributed by atoms with Crippen molar-refractivity contribution in [3.8, 4) is 0 Å². The highest BCUT2D eigenvalue weighted by molar-refractivity contribution is 6.33. The second-order valence-corrected chi connectivity index (χ2v) is 7.10. The lowest BCUT2D eigenvalue weighted by Gasteiger charge is -2.42. The highest BCUT2D eigenvalue weighted by Crippen LogP contribution is 2.30. The first-order valence-corrected chi connectivity index (χ1v) is 8.71. The number of piperazine rings is 1. The number of rotatable bonds is 3. The Hall–Kier alpha value is -1.40. The molecule has 1 saturated heterocycles. The van der Waals surface area contributed by atoms with Gasteiger partial charge >= 0.3 is 0 Å². The largest absolute Gasteiger partial charge is 0.353 e. The van der Waals surface area contributed by atoms with E-state index >= 15 is 0 Å². The predicted octanol–water partition coefficient (Wildman–Crippen LogP) is 3.34. The van der Waals surface area contributed by atoms with E-state index in [1.165, 1.54) is 37.9 Å². The maximum absolute atomic E-state index is 10.8. The number of nitrogens with zero attached hydrogens (tertiary/aromatic N) is 4. The normalized spacial score (nSPS) is 26.3. The molecule has 0 radical (unpaired) electrons. The molecule has 7 heteroatoms. The summed E-state index contributed by atoms with van der Waals surface area (Å²) in [6.07, 6.45) is 6.56. The molecule has 1 aromatic heterocycles. The summed E-state index contributed by atoms with van der Waals surface area (Å²) in [6.45, 7) is 6.10. The smallest absolute Gasteiger partial charge is 0.289 e. The molecule has 1 aliphatic carbocycles. The van der Waals surface area contributed by atoms with Crippen LogP contribution in [0.25, 0.3) is 0 Å². The van der Waals surface area contributed by atoms with Gasteiger partial charge in [0.2, 0.25) is 0 Å². The SMILES string of the molecule is CC1CCC(N2CCN(c3ncc([N+](=O)[O-])cc3Cl)CC2)CC1. The number of halogens is 1. The molecule has 126 valence electrons. The Morgan fingerprint density at radius 3 is 2.43 bits per heavy atom. The van der Waals surface area contributed by atoms with Crippen molar-refractivity contribution < 1.29 is 4.92 Å². The first-order chi connectivity index (χ1) is 11.0. The average Bonchev–Trinajstić information content (AvgIpc) is 2.56. The minimum Gasteiger partial charge on any atom is -0.353 e. The lowest BCUT2D eigenvalue weighted by atomic mass is 9.86. The van der Waals surface area contributed by atoms with E-state index in [0.717, 1.165) is 32.1 Å². The molecule has 2 aliphatic rings. The second-order valence-electron chi connectivity index (χ2n) is 6.69. The van der Waals surface area contributed by atoms with Gasteiger partial charge in [0.1, 0.15) is 12.0 Å². The van der Waals surface area contributed by atoms with E-state index in [4.69, 9.17) is 11.6 Å². The molecule has 0 atom stereocenters. The van der Waals surface area contributed by atoms with Crippen molar-refractivity contribution in [2.24, 2.45) is 5.92 Å². The molecule has 0 N–H and O–H groups in total. The van der Waals surface area contributed by atoms with Crippen molar-refractivity contribution in [2.75, 3.05) is 31.1 Å². The Kier molecular flexibility index (Phi) is 5.02. The number of aromatic nitrogens is 1. The van der Waals surface area contributed by atoms with Gasteiger partial charge in [-0.05, 0) is 31.6 Å². The molecule has 3 rings (SSSR count). The van der Waals surface area contributed by atoms with E-state index in [9.17, 15) is 10.1 Å². The third-order valence-electron chi connectivity index (χ3n) is 5.13. The number of hydrogen-bond donors (Lipinski definition) is 0. The van der Waals surface area contributed by atoms with E-state index in [1.54, 1.807) is 0 Å². The lowest BCUT2D eigenvalue weighted by Crippen LogP contribution is -2.51. The van der Waals surface area contributed by atoms with Crippen molar-refractivity contribution in [1.82, 2.24) is 9.88 Å². The van der Waals surface area contributed by atoms with Crippen LogP contribution in [0.1, 0.15) is 32.6 Å². The summed E-state index contributed by atoms with van der Waals surface area (Å²) in [5.74, 6) is 1.53. The molecule has 0 aromatic carbocycles. The van der Waals surface area contributed by atoms with Crippen LogP contribution in [0.2, 0.25) is 5.02 Å². The quantitative estimate of drug-likeness (QED) is 0.624. The Balaban J connectivity index is 1.59. The fraction of sp³-hybridized carbons (Fsp3) is 0.688. The van der Waals surface area contributed by atoms with Crippen molar-refractivity contribution in [2.45, 2.75) is 38.6 Å². The van der Waals surface area contributed by atoms with Gasteiger partial charge in [-0.2, -0.15) is 0 Å². The second kappa shape index (κ2) is 7.01. The average molecular weight is 339 g/mol. The number of nitro groups is 1. The van der Waals surface area contributed by atoms with Gasteiger partial charge in [-0.15, -0.1) is 0 Å². The van der Waals surface area contributed by atoms with Crippen molar-refractivity contribution in [3.63, 3.8) is 0 Å². The molecule has 0 spiro atoms. The summed E-state index contributed by atoms with van der Waals surface area (Å²) in [5, 5.41) is 11.1. The van der Waals surface area contributed by atoms with Gasteiger partial charge in [0, 0.05) is 38.3 Å². The summed E-state index contributed by atoms with van der Waals surface area (Å²) in [6, 6.07) is 2.10. The molecule has 0 unspecified atom stereocenters. The van der Waals surface area contributed by atoms with Crippen molar-refractivity contribution in [3.05, 3.63) is 27.4 Å². The van der Waals surface area contributed by atoms with E-state index in [0.29, 0.717) is 16.9 Å². The minimum atomic E-state index is -0.468. The van der Waals surface area contributed by atoms with Crippen molar-refractivity contribution >= 4 is 23.1 Å². The monoisotopic (exact) mass is 338 g/mol. The fourth-order valence-corrected chi connectivity index (χ4v) is 3.94. The van der Waals surface area contributed by atoms with E-state index < -0.39 is 4.92 Å². The maximum Gasteiger partial charge on any atom is 0.289 e. The van der Waals surface area contributed by atoms with Crippen LogP contribution < -0.4 is 4.90 Å². The third kappa shape index (κ3) is 3.75.